The van der Waals surface area contributed by atoms with Crippen molar-refractivity contribution in [3.63, 3.8) is 0 Å². The quantitative estimate of drug-likeness (QED) is 0.463. The molecule has 0 radical (unpaired) electrons. The monoisotopic (exact) mass is 569 g/mol. The molecule has 39 heavy (non-hydrogen) atoms. The molecule has 2 saturated heterocycles. The number of aliphatic carboxylic acids is 2. The van der Waals surface area contributed by atoms with E-state index in [0.29, 0.717) is 12.6 Å². The van der Waals surface area contributed by atoms with Gasteiger partial charge < -0.3 is 24.7 Å². The maximum Gasteiger partial charge on any atom is 0.490 e. The smallest absolute Gasteiger partial charge is 0.475 e. The van der Waals surface area contributed by atoms with Crippen LogP contribution in [0.25, 0.3) is 0 Å². The maximum atomic E-state index is 12.7. The van der Waals surface area contributed by atoms with Gasteiger partial charge in [0.25, 0.3) is 0 Å². The zero-order valence-electron chi connectivity index (χ0n) is 20.1. The fourth-order valence-electron chi connectivity index (χ4n) is 3.88. The summed E-state index contributed by atoms with van der Waals surface area (Å²) in [4.78, 5) is 36.9. The Balaban J connectivity index is 0.000000317. The number of alkyl halides is 6. The zero-order chi connectivity index (χ0) is 29.2. The van der Waals surface area contributed by atoms with Gasteiger partial charge in [-0.2, -0.15) is 26.3 Å². The molecule has 216 valence electrons. The molecule has 0 aliphatic carbocycles. The first-order valence-corrected chi connectivity index (χ1v) is 11.3. The second-order valence-electron chi connectivity index (χ2n) is 8.44. The van der Waals surface area contributed by atoms with Gasteiger partial charge in [0.2, 0.25) is 5.91 Å². The molecule has 0 unspecified atom stereocenters. The summed E-state index contributed by atoms with van der Waals surface area (Å²) in [6.07, 6.45) is -1.20. The van der Waals surface area contributed by atoms with Crippen LogP contribution in [0.3, 0.4) is 0 Å². The molecule has 4 rings (SSSR count). The van der Waals surface area contributed by atoms with Gasteiger partial charge in [-0.15, -0.1) is 0 Å². The van der Waals surface area contributed by atoms with Crippen LogP contribution >= 0.6 is 0 Å². The summed E-state index contributed by atoms with van der Waals surface area (Å²) in [5.74, 6) is -5.47. The number of hydrogen-bond acceptors (Lipinski definition) is 7. The van der Waals surface area contributed by atoms with Crippen LogP contribution in [0.1, 0.15) is 24.0 Å². The highest BCUT2D eigenvalue weighted by Crippen LogP contribution is 2.32. The number of amides is 1. The zero-order valence-corrected chi connectivity index (χ0v) is 20.1. The molecule has 0 bridgehead atoms. The lowest BCUT2D eigenvalue weighted by atomic mass is 9.89. The number of ether oxygens (including phenoxy) is 1. The van der Waals surface area contributed by atoms with E-state index in [0.717, 1.165) is 43.7 Å². The Morgan fingerprint density at radius 3 is 2.21 bits per heavy atom. The van der Waals surface area contributed by atoms with Gasteiger partial charge in [-0.1, -0.05) is 6.07 Å². The molecule has 2 aliphatic heterocycles. The van der Waals surface area contributed by atoms with E-state index in [-0.39, 0.29) is 17.9 Å². The lowest BCUT2D eigenvalue weighted by Crippen LogP contribution is -2.52. The third-order valence-electron chi connectivity index (χ3n) is 5.63. The molecule has 2 fully saturated rings. The van der Waals surface area contributed by atoms with Crippen LogP contribution in [0.2, 0.25) is 0 Å². The summed E-state index contributed by atoms with van der Waals surface area (Å²) in [7, 11) is 0. The molecule has 0 aromatic carbocycles. The molecular weight excluding hydrogens is 544 g/mol. The highest BCUT2D eigenvalue weighted by molar-refractivity contribution is 5.79. The van der Waals surface area contributed by atoms with Crippen LogP contribution in [0, 0.1) is 5.92 Å². The number of carbonyl (C=O) groups excluding carboxylic acids is 1. The van der Waals surface area contributed by atoms with E-state index < -0.39 is 24.3 Å². The van der Waals surface area contributed by atoms with Crippen LogP contribution in [0.4, 0.5) is 26.3 Å². The maximum absolute atomic E-state index is 12.7. The normalized spacial score (nSPS) is 20.9. The summed E-state index contributed by atoms with van der Waals surface area (Å²) < 4.78 is 74.6. The van der Waals surface area contributed by atoms with Crippen molar-refractivity contribution < 1.29 is 60.1 Å². The summed E-state index contributed by atoms with van der Waals surface area (Å²) in [5, 5.41) is 17.3. The summed E-state index contributed by atoms with van der Waals surface area (Å²) in [6.45, 7) is 2.85. The van der Waals surface area contributed by atoms with E-state index in [1.54, 1.807) is 24.9 Å². The minimum absolute atomic E-state index is 0.0528. The number of piperidine rings is 1. The molecule has 3 atom stereocenters. The summed E-state index contributed by atoms with van der Waals surface area (Å²) in [5.41, 5.74) is 2.15. The third-order valence-corrected chi connectivity index (χ3v) is 5.63. The van der Waals surface area contributed by atoms with Crippen LogP contribution in [-0.2, 0) is 32.2 Å². The van der Waals surface area contributed by atoms with Gasteiger partial charge in [0.15, 0.2) is 0 Å². The molecule has 1 amide bonds. The predicted molar refractivity (Wildman–Crippen MR) is 119 cm³/mol. The lowest BCUT2D eigenvalue weighted by molar-refractivity contribution is -0.193. The Bertz CT molecular complexity index is 1040. The van der Waals surface area contributed by atoms with Gasteiger partial charge in [0.1, 0.15) is 0 Å². The fraction of sp³-hybridized carbons (Fsp3) is 0.478. The number of fused-ring (bicyclic) bond motifs is 1. The molecule has 0 saturated carbocycles. The highest BCUT2D eigenvalue weighted by atomic mass is 19.4. The molecule has 4 heterocycles. The van der Waals surface area contributed by atoms with Crippen molar-refractivity contribution in [2.45, 2.75) is 50.4 Å². The molecule has 0 spiro atoms. The Hall–Kier alpha value is -3.66. The number of carbonyl (C=O) groups is 3. The SMILES string of the molecule is O=C(NCc1cccnc1)[C@@H]1C[C@H]2OCC[C@H]2N(Cc2ccoc2)C1.O=C(O)C(F)(F)F.O=C(O)C(F)(F)F. The van der Waals surface area contributed by atoms with Crippen LogP contribution in [-0.4, -0.2) is 75.6 Å². The van der Waals surface area contributed by atoms with Crippen molar-refractivity contribution >= 4 is 17.8 Å². The van der Waals surface area contributed by atoms with Crippen molar-refractivity contribution in [2.75, 3.05) is 13.2 Å². The number of nitrogens with zero attached hydrogens (tertiary/aromatic N) is 2. The van der Waals surface area contributed by atoms with E-state index in [2.05, 4.69) is 15.2 Å². The van der Waals surface area contributed by atoms with E-state index in [4.69, 9.17) is 29.0 Å². The number of pyridine rings is 1. The first-order chi connectivity index (χ1) is 18.2. The standard InChI is InChI=1S/C19H23N3O3.2C2HF3O2/c23-19(21-10-14-2-1-5-20-9-14)16-8-18-17(4-7-25-18)22(12-16)11-15-3-6-24-13-15;2*3-2(4,5)1(6)7/h1-3,5-6,9,13,16-18H,4,7-8,10-12H2,(H,21,23);2*(H,6,7)/t16-,17-,18-;;/m1../s1. The molecule has 2 aromatic heterocycles. The summed E-state index contributed by atoms with van der Waals surface area (Å²) >= 11 is 0. The van der Waals surface area contributed by atoms with Crippen molar-refractivity contribution in [2.24, 2.45) is 5.92 Å². The van der Waals surface area contributed by atoms with Gasteiger partial charge in [0.05, 0.1) is 24.5 Å². The molecule has 2 aliphatic rings. The van der Waals surface area contributed by atoms with Crippen LogP contribution < -0.4 is 5.32 Å². The molecule has 2 aromatic rings. The van der Waals surface area contributed by atoms with Gasteiger partial charge in [-0.05, 0) is 30.5 Å². The van der Waals surface area contributed by atoms with Crippen molar-refractivity contribution in [1.29, 1.82) is 0 Å². The first kappa shape index (κ1) is 31.6. The third kappa shape index (κ3) is 10.6. The molecule has 16 heteroatoms. The fourth-order valence-corrected chi connectivity index (χ4v) is 3.88. The number of likely N-dealkylation sites (tertiary alicyclic amines) is 1. The van der Waals surface area contributed by atoms with Crippen LogP contribution in [0.15, 0.2) is 47.5 Å². The van der Waals surface area contributed by atoms with Gasteiger partial charge in [-0.25, -0.2) is 9.59 Å². The number of furan rings is 1. The van der Waals surface area contributed by atoms with Gasteiger partial charge >= 0.3 is 24.3 Å². The topological polar surface area (TPSA) is 142 Å². The lowest BCUT2D eigenvalue weighted by Gasteiger charge is -2.40. The van der Waals surface area contributed by atoms with Gasteiger partial charge in [-0.3, -0.25) is 14.7 Å². The number of carboxylic acids is 2. The Labute approximate surface area is 217 Å². The number of rotatable bonds is 5. The number of hydrogen-bond donors (Lipinski definition) is 3. The van der Waals surface area contributed by atoms with E-state index in [1.165, 1.54) is 0 Å². The number of aromatic nitrogens is 1. The Kier molecular flexibility index (Phi) is 11.3. The number of nitrogens with one attached hydrogen (secondary N) is 1. The molecule has 10 nitrogen and oxygen atoms in total. The largest absolute Gasteiger partial charge is 0.490 e. The van der Waals surface area contributed by atoms with Crippen molar-refractivity contribution in [3.8, 4) is 0 Å². The second kappa shape index (κ2) is 13.9. The predicted octanol–water partition coefficient (Wildman–Crippen LogP) is 3.24. The minimum atomic E-state index is -5.08. The Morgan fingerprint density at radius 1 is 1.05 bits per heavy atom. The van der Waals surface area contributed by atoms with Crippen molar-refractivity contribution in [3.05, 3.63) is 54.2 Å². The first-order valence-electron chi connectivity index (χ1n) is 11.3. The average Bonchev–Trinajstić information content (AvgIpc) is 3.55. The van der Waals surface area contributed by atoms with E-state index in [1.807, 2.05) is 18.2 Å². The van der Waals surface area contributed by atoms with Gasteiger partial charge in [0, 0.05) is 50.2 Å². The highest BCUT2D eigenvalue weighted by Gasteiger charge is 2.42. The number of halogens is 6. The van der Waals surface area contributed by atoms with Crippen LogP contribution in [0.5, 0.6) is 0 Å². The molecular formula is C23H25F6N3O7. The number of carboxylic acid groups (broad SMARTS) is 2. The summed E-state index contributed by atoms with van der Waals surface area (Å²) in [6, 6.07) is 6.23. The van der Waals surface area contributed by atoms with E-state index >= 15 is 0 Å². The molecule has 3 N–H and O–H groups in total. The van der Waals surface area contributed by atoms with E-state index in [9.17, 15) is 31.1 Å². The minimum Gasteiger partial charge on any atom is -0.475 e. The Morgan fingerprint density at radius 2 is 1.69 bits per heavy atom. The second-order valence-corrected chi connectivity index (χ2v) is 8.44. The van der Waals surface area contributed by atoms with Crippen molar-refractivity contribution in [1.82, 2.24) is 15.2 Å². The average molecular weight is 569 g/mol.